The van der Waals surface area contributed by atoms with Gasteiger partial charge in [0.2, 0.25) is 5.91 Å². The van der Waals surface area contributed by atoms with Gasteiger partial charge in [-0.05, 0) is 52.5 Å². The highest BCUT2D eigenvalue weighted by molar-refractivity contribution is 7.09. The van der Waals surface area contributed by atoms with Crippen molar-refractivity contribution in [1.29, 1.82) is 0 Å². The number of nitrogens with two attached hydrogens (primary N) is 2. The number of benzene rings is 3. The second-order valence-electron chi connectivity index (χ2n) is 8.58. The van der Waals surface area contributed by atoms with Crippen LogP contribution in [0.3, 0.4) is 0 Å². The van der Waals surface area contributed by atoms with E-state index in [9.17, 15) is 18.8 Å². The third kappa shape index (κ3) is 6.39. The van der Waals surface area contributed by atoms with Gasteiger partial charge in [0.1, 0.15) is 22.5 Å². The van der Waals surface area contributed by atoms with E-state index in [1.807, 2.05) is 30.3 Å². The lowest BCUT2D eigenvalue weighted by atomic mass is 10.0. The maximum Gasteiger partial charge on any atom is 0.270 e. The number of nitrogen functional groups attached to an aromatic ring is 1. The van der Waals surface area contributed by atoms with E-state index in [1.165, 1.54) is 36.3 Å². The first kappa shape index (κ1) is 27.3. The number of hydrogen-bond acceptors (Lipinski definition) is 7. The summed E-state index contributed by atoms with van der Waals surface area (Å²) in [4.78, 5) is 40.8. The lowest BCUT2D eigenvalue weighted by molar-refractivity contribution is -0.126. The van der Waals surface area contributed by atoms with Crippen LogP contribution < -0.4 is 21.5 Å². The number of hydrogen-bond donors (Lipinski definition) is 3. The lowest BCUT2D eigenvalue weighted by Crippen LogP contribution is -2.43. The number of ether oxygens (including phenoxy) is 1. The number of amides is 3. The van der Waals surface area contributed by atoms with Crippen LogP contribution in [0.25, 0.3) is 0 Å². The third-order valence-electron chi connectivity index (χ3n) is 5.98. The van der Waals surface area contributed by atoms with E-state index >= 15 is 0 Å². The van der Waals surface area contributed by atoms with Crippen LogP contribution in [-0.2, 0) is 17.9 Å². The minimum atomic E-state index is -1.13. The molecule has 0 radical (unpaired) electrons. The van der Waals surface area contributed by atoms with Crippen LogP contribution >= 0.6 is 11.5 Å². The van der Waals surface area contributed by atoms with Crippen molar-refractivity contribution in [2.24, 2.45) is 5.73 Å². The van der Waals surface area contributed by atoms with E-state index in [1.54, 1.807) is 24.3 Å². The molecule has 39 heavy (non-hydrogen) atoms. The van der Waals surface area contributed by atoms with Gasteiger partial charge in [0.15, 0.2) is 5.69 Å². The van der Waals surface area contributed by atoms with Gasteiger partial charge in [0.05, 0.1) is 12.8 Å². The van der Waals surface area contributed by atoms with E-state index in [0.717, 1.165) is 5.56 Å². The van der Waals surface area contributed by atoms with Crippen molar-refractivity contribution >= 4 is 34.9 Å². The smallest absolute Gasteiger partial charge is 0.270 e. The Hall–Kier alpha value is -4.77. The van der Waals surface area contributed by atoms with Crippen molar-refractivity contribution in [2.45, 2.75) is 19.1 Å². The van der Waals surface area contributed by atoms with Crippen molar-refractivity contribution in [3.05, 3.63) is 112 Å². The second kappa shape index (κ2) is 12.2. The molecule has 3 aromatic carbocycles. The normalized spacial score (nSPS) is 11.4. The van der Waals surface area contributed by atoms with Gasteiger partial charge in [-0.2, -0.15) is 4.37 Å². The minimum Gasteiger partial charge on any atom is -0.497 e. The van der Waals surface area contributed by atoms with Crippen LogP contribution in [0.1, 0.15) is 42.9 Å². The van der Waals surface area contributed by atoms with Crippen LogP contribution in [0, 0.1) is 5.82 Å². The van der Waals surface area contributed by atoms with Crippen molar-refractivity contribution in [3.8, 4) is 5.75 Å². The van der Waals surface area contributed by atoms with E-state index in [4.69, 9.17) is 16.2 Å². The molecule has 1 aromatic heterocycles. The fourth-order valence-electron chi connectivity index (χ4n) is 3.97. The summed E-state index contributed by atoms with van der Waals surface area (Å²) in [5, 5.41) is 2.90. The highest BCUT2D eigenvalue weighted by Crippen LogP contribution is 2.31. The molecule has 0 spiro atoms. The van der Waals surface area contributed by atoms with Crippen LogP contribution in [0.15, 0.2) is 78.9 Å². The first-order valence-corrected chi connectivity index (χ1v) is 12.6. The zero-order valence-electron chi connectivity index (χ0n) is 21.0. The van der Waals surface area contributed by atoms with Crippen molar-refractivity contribution in [1.82, 2.24) is 14.6 Å². The summed E-state index contributed by atoms with van der Waals surface area (Å²) in [7, 11) is 1.52. The summed E-state index contributed by atoms with van der Waals surface area (Å²) in [5.41, 5.74) is 13.0. The van der Waals surface area contributed by atoms with Crippen molar-refractivity contribution in [2.75, 3.05) is 12.8 Å². The molecule has 0 aliphatic heterocycles. The summed E-state index contributed by atoms with van der Waals surface area (Å²) >= 11 is 0.716. The number of methoxy groups -OCH3 is 1. The monoisotopic (exact) mass is 547 g/mol. The van der Waals surface area contributed by atoms with Gasteiger partial charge in [-0.1, -0.05) is 54.6 Å². The van der Waals surface area contributed by atoms with E-state index < -0.39 is 29.6 Å². The van der Waals surface area contributed by atoms with Gasteiger partial charge in [0, 0.05) is 13.1 Å². The molecule has 0 aliphatic rings. The standard InChI is InChI=1S/C28H26FN5O4S/c1-38-21-13-9-19(10-14-21)24(27(36)32-15-17-5-3-2-4-6-17)34(16-18-7-11-20(29)12-8-18)28(37)25-22(30)23(26(31)35)33-39-25/h2-14,24H,15-16,30H2,1H3,(H2,31,35)(H,32,36). The molecular formula is C28H26FN5O4S. The summed E-state index contributed by atoms with van der Waals surface area (Å²) in [6, 6.07) is 20.5. The highest BCUT2D eigenvalue weighted by atomic mass is 32.1. The molecule has 0 aliphatic carbocycles. The summed E-state index contributed by atoms with van der Waals surface area (Å²) in [5.74, 6) is -1.85. The molecular weight excluding hydrogens is 521 g/mol. The molecule has 1 heterocycles. The van der Waals surface area contributed by atoms with Gasteiger partial charge in [-0.25, -0.2) is 4.39 Å². The average molecular weight is 548 g/mol. The lowest BCUT2D eigenvalue weighted by Gasteiger charge is -2.31. The number of halogens is 1. The fourth-order valence-corrected chi connectivity index (χ4v) is 4.73. The molecule has 4 aromatic rings. The Kier molecular flexibility index (Phi) is 8.52. The number of nitrogens with zero attached hydrogens (tertiary/aromatic N) is 2. The molecule has 11 heteroatoms. The molecule has 1 atom stereocenters. The summed E-state index contributed by atoms with van der Waals surface area (Å²) in [6.45, 7) is 0.150. The maximum atomic E-state index is 14.0. The van der Waals surface area contributed by atoms with Gasteiger partial charge in [0.25, 0.3) is 11.8 Å². The second-order valence-corrected chi connectivity index (χ2v) is 9.35. The Morgan fingerprint density at radius 3 is 2.26 bits per heavy atom. The molecule has 9 nitrogen and oxygen atoms in total. The first-order valence-electron chi connectivity index (χ1n) is 11.8. The number of aromatic nitrogens is 1. The van der Waals surface area contributed by atoms with E-state index in [-0.39, 0.29) is 29.3 Å². The number of rotatable bonds is 10. The van der Waals surface area contributed by atoms with E-state index in [0.29, 0.717) is 28.4 Å². The van der Waals surface area contributed by atoms with Gasteiger partial charge < -0.3 is 26.4 Å². The SMILES string of the molecule is COc1ccc(C(C(=O)NCc2ccccc2)N(Cc2ccc(F)cc2)C(=O)c2snc(C(N)=O)c2N)cc1. The predicted molar refractivity (Wildman–Crippen MR) is 145 cm³/mol. The molecule has 200 valence electrons. The molecule has 5 N–H and O–H groups in total. The van der Waals surface area contributed by atoms with Crippen molar-refractivity contribution < 1.29 is 23.5 Å². The Balaban J connectivity index is 1.78. The van der Waals surface area contributed by atoms with Crippen LogP contribution in [0.4, 0.5) is 10.1 Å². The molecule has 1 unspecified atom stereocenters. The van der Waals surface area contributed by atoms with Gasteiger partial charge >= 0.3 is 0 Å². The number of carbonyl (C=O) groups excluding carboxylic acids is 3. The maximum absolute atomic E-state index is 14.0. The molecule has 0 saturated carbocycles. The highest BCUT2D eigenvalue weighted by Gasteiger charge is 2.35. The Bertz CT molecular complexity index is 1460. The first-order chi connectivity index (χ1) is 18.8. The zero-order chi connectivity index (χ0) is 27.9. The van der Waals surface area contributed by atoms with E-state index in [2.05, 4.69) is 9.69 Å². The zero-order valence-corrected chi connectivity index (χ0v) is 21.8. The Morgan fingerprint density at radius 2 is 1.67 bits per heavy atom. The number of nitrogens with one attached hydrogen (secondary N) is 1. The molecule has 4 rings (SSSR count). The number of carbonyl (C=O) groups is 3. The summed E-state index contributed by atoms with van der Waals surface area (Å²) in [6.07, 6.45) is 0. The Morgan fingerprint density at radius 1 is 1.00 bits per heavy atom. The average Bonchev–Trinajstić information content (AvgIpc) is 3.34. The predicted octanol–water partition coefficient (Wildman–Crippen LogP) is 3.67. The molecule has 0 fully saturated rings. The molecule has 0 saturated heterocycles. The number of primary amides is 1. The number of anilines is 1. The fraction of sp³-hybridized carbons (Fsp3) is 0.143. The van der Waals surface area contributed by atoms with Gasteiger partial charge in [-0.15, -0.1) is 0 Å². The van der Waals surface area contributed by atoms with Crippen molar-refractivity contribution in [3.63, 3.8) is 0 Å². The largest absolute Gasteiger partial charge is 0.497 e. The minimum absolute atomic E-state index is 0.0414. The summed E-state index contributed by atoms with van der Waals surface area (Å²) < 4.78 is 22.8. The van der Waals surface area contributed by atoms with Gasteiger partial charge in [-0.3, -0.25) is 14.4 Å². The molecule has 0 bridgehead atoms. The third-order valence-corrected chi connectivity index (χ3v) is 6.83. The Labute approximate surface area is 228 Å². The van der Waals surface area contributed by atoms with Crippen LogP contribution in [0.5, 0.6) is 5.75 Å². The quantitative estimate of drug-likeness (QED) is 0.277. The van der Waals surface area contributed by atoms with Crippen LogP contribution in [-0.4, -0.2) is 34.1 Å². The van der Waals surface area contributed by atoms with Crippen LogP contribution in [0.2, 0.25) is 0 Å². The topological polar surface area (TPSA) is 141 Å². The molecule has 3 amide bonds.